The molecule has 0 spiro atoms. The number of aromatic nitrogens is 2. The van der Waals surface area contributed by atoms with Crippen LogP contribution in [0.1, 0.15) is 18.7 Å². The van der Waals surface area contributed by atoms with E-state index >= 15 is 0 Å². The number of aryl methyl sites for hydroxylation is 1. The van der Waals surface area contributed by atoms with Crippen molar-refractivity contribution in [3.8, 4) is 0 Å². The van der Waals surface area contributed by atoms with Gasteiger partial charge < -0.3 is 4.90 Å². The predicted octanol–water partition coefficient (Wildman–Crippen LogP) is 2.62. The molecule has 0 aromatic carbocycles. The quantitative estimate of drug-likeness (QED) is 0.748. The third-order valence-electron chi connectivity index (χ3n) is 2.85. The molecular formula is C11H15ClFN3. The molecule has 2 heterocycles. The van der Waals surface area contributed by atoms with E-state index in [1.54, 1.807) is 6.07 Å². The van der Waals surface area contributed by atoms with Crippen LogP contribution in [-0.2, 0) is 0 Å². The molecule has 1 aliphatic heterocycles. The third kappa shape index (κ3) is 2.61. The number of rotatable bonds is 2. The second-order valence-electron chi connectivity index (χ2n) is 4.20. The molecule has 88 valence electrons. The second-order valence-corrected chi connectivity index (χ2v) is 4.59. The van der Waals surface area contributed by atoms with E-state index < -0.39 is 0 Å². The zero-order valence-corrected chi connectivity index (χ0v) is 10.0. The molecule has 0 N–H and O–H groups in total. The molecule has 0 aliphatic carbocycles. The van der Waals surface area contributed by atoms with Crippen LogP contribution in [0.5, 0.6) is 0 Å². The molecule has 2 rings (SSSR count). The van der Waals surface area contributed by atoms with Crippen LogP contribution in [0.3, 0.4) is 0 Å². The Labute approximate surface area is 99.6 Å². The molecule has 0 unspecified atom stereocenters. The Hall–Kier alpha value is -0.900. The van der Waals surface area contributed by atoms with Crippen molar-refractivity contribution >= 4 is 17.4 Å². The summed E-state index contributed by atoms with van der Waals surface area (Å²) in [5, 5.41) is 0.449. The van der Waals surface area contributed by atoms with Gasteiger partial charge in [-0.15, -0.1) is 0 Å². The fourth-order valence-corrected chi connectivity index (χ4v) is 2.30. The molecule has 0 amide bonds. The van der Waals surface area contributed by atoms with Gasteiger partial charge in [0.15, 0.2) is 0 Å². The molecule has 0 radical (unpaired) electrons. The Kier molecular flexibility index (Phi) is 3.59. The summed E-state index contributed by atoms with van der Waals surface area (Å²) < 4.78 is 12.6. The van der Waals surface area contributed by atoms with Crippen molar-refractivity contribution in [2.45, 2.75) is 19.8 Å². The number of nitrogens with zero attached hydrogens (tertiary/aromatic N) is 3. The molecule has 1 atom stereocenters. The Morgan fingerprint density at radius 1 is 1.56 bits per heavy atom. The van der Waals surface area contributed by atoms with Crippen molar-refractivity contribution in [2.75, 3.05) is 24.7 Å². The number of halogens is 2. The summed E-state index contributed by atoms with van der Waals surface area (Å²) in [5.74, 6) is 1.60. The Morgan fingerprint density at radius 3 is 3.06 bits per heavy atom. The van der Waals surface area contributed by atoms with Crippen LogP contribution < -0.4 is 4.90 Å². The van der Waals surface area contributed by atoms with E-state index in [1.807, 2.05) is 6.92 Å². The van der Waals surface area contributed by atoms with Crippen LogP contribution in [-0.4, -0.2) is 29.7 Å². The minimum Gasteiger partial charge on any atom is -0.356 e. The van der Waals surface area contributed by atoms with Crippen molar-refractivity contribution in [3.63, 3.8) is 0 Å². The predicted molar refractivity (Wildman–Crippen MR) is 62.7 cm³/mol. The first-order chi connectivity index (χ1) is 7.69. The maximum atomic E-state index is 12.6. The van der Waals surface area contributed by atoms with Crippen LogP contribution >= 0.6 is 11.6 Å². The molecule has 1 fully saturated rings. The molecule has 1 saturated heterocycles. The summed E-state index contributed by atoms with van der Waals surface area (Å²) in [5.41, 5.74) is 0. The molecule has 0 saturated carbocycles. The molecule has 0 bridgehead atoms. The highest BCUT2D eigenvalue weighted by atomic mass is 35.5. The van der Waals surface area contributed by atoms with Gasteiger partial charge in [-0.2, -0.15) is 0 Å². The minimum atomic E-state index is -0.256. The van der Waals surface area contributed by atoms with E-state index in [2.05, 4.69) is 14.9 Å². The van der Waals surface area contributed by atoms with Crippen molar-refractivity contribution in [3.05, 3.63) is 17.0 Å². The molecule has 1 aromatic heterocycles. The fraction of sp³-hybridized carbons (Fsp3) is 0.636. The van der Waals surface area contributed by atoms with Gasteiger partial charge in [-0.1, -0.05) is 11.6 Å². The van der Waals surface area contributed by atoms with E-state index in [0.717, 1.165) is 31.7 Å². The van der Waals surface area contributed by atoms with Crippen LogP contribution in [0.4, 0.5) is 10.2 Å². The van der Waals surface area contributed by atoms with Gasteiger partial charge in [-0.05, 0) is 19.8 Å². The minimum absolute atomic E-state index is 0.128. The summed E-state index contributed by atoms with van der Waals surface area (Å²) in [6.45, 7) is 3.20. The largest absolute Gasteiger partial charge is 0.356 e. The monoisotopic (exact) mass is 243 g/mol. The highest BCUT2D eigenvalue weighted by Gasteiger charge is 2.21. The average Bonchev–Trinajstić information content (AvgIpc) is 2.28. The van der Waals surface area contributed by atoms with Crippen LogP contribution in [0.15, 0.2) is 6.07 Å². The van der Waals surface area contributed by atoms with Crippen LogP contribution in [0.2, 0.25) is 5.15 Å². The smallest absolute Gasteiger partial charge is 0.134 e. The van der Waals surface area contributed by atoms with Gasteiger partial charge in [0, 0.05) is 25.1 Å². The lowest BCUT2D eigenvalue weighted by molar-refractivity contribution is 0.315. The molecule has 3 nitrogen and oxygen atoms in total. The van der Waals surface area contributed by atoms with E-state index in [4.69, 9.17) is 11.6 Å². The Bertz CT molecular complexity index is 352. The zero-order valence-electron chi connectivity index (χ0n) is 9.29. The highest BCUT2D eigenvalue weighted by molar-refractivity contribution is 6.29. The van der Waals surface area contributed by atoms with Crippen molar-refractivity contribution in [2.24, 2.45) is 5.92 Å². The maximum Gasteiger partial charge on any atom is 0.134 e. The van der Waals surface area contributed by atoms with E-state index in [-0.39, 0.29) is 12.6 Å². The van der Waals surface area contributed by atoms with Gasteiger partial charge in [0.05, 0.1) is 6.67 Å². The lowest BCUT2D eigenvalue weighted by atomic mass is 10.00. The molecular weight excluding hydrogens is 229 g/mol. The summed E-state index contributed by atoms with van der Waals surface area (Å²) in [4.78, 5) is 10.4. The van der Waals surface area contributed by atoms with Crippen LogP contribution in [0.25, 0.3) is 0 Å². The number of piperidine rings is 1. The number of hydrogen-bond donors (Lipinski definition) is 0. The topological polar surface area (TPSA) is 29.0 Å². The number of anilines is 1. The van der Waals surface area contributed by atoms with Gasteiger partial charge in [0.2, 0.25) is 0 Å². The summed E-state index contributed by atoms with van der Waals surface area (Å²) in [6.07, 6.45) is 1.97. The van der Waals surface area contributed by atoms with Crippen molar-refractivity contribution in [1.82, 2.24) is 9.97 Å². The molecule has 1 aliphatic rings. The van der Waals surface area contributed by atoms with Gasteiger partial charge >= 0.3 is 0 Å². The number of hydrogen-bond acceptors (Lipinski definition) is 3. The number of alkyl halides is 1. The van der Waals surface area contributed by atoms with Crippen molar-refractivity contribution in [1.29, 1.82) is 0 Å². The van der Waals surface area contributed by atoms with Gasteiger partial charge in [0.1, 0.15) is 16.8 Å². The highest BCUT2D eigenvalue weighted by Crippen LogP contribution is 2.23. The third-order valence-corrected chi connectivity index (χ3v) is 3.05. The Morgan fingerprint density at radius 2 is 2.38 bits per heavy atom. The summed E-state index contributed by atoms with van der Waals surface area (Å²) in [7, 11) is 0. The van der Waals surface area contributed by atoms with Crippen LogP contribution in [0, 0.1) is 12.8 Å². The average molecular weight is 244 g/mol. The van der Waals surface area contributed by atoms with Gasteiger partial charge in [0.25, 0.3) is 0 Å². The van der Waals surface area contributed by atoms with Crippen molar-refractivity contribution < 1.29 is 4.39 Å². The second kappa shape index (κ2) is 4.95. The maximum absolute atomic E-state index is 12.6. The van der Waals surface area contributed by atoms with E-state index in [1.165, 1.54) is 0 Å². The SMILES string of the molecule is Cc1nc(Cl)cc(N2CCC[C@H](CF)C2)n1. The summed E-state index contributed by atoms with van der Waals surface area (Å²) >= 11 is 5.89. The zero-order chi connectivity index (χ0) is 11.5. The standard InChI is InChI=1S/C11H15ClFN3/c1-8-14-10(12)5-11(15-8)16-4-2-3-9(6-13)7-16/h5,9H,2-4,6-7H2,1H3/t9-/m1/s1. The molecule has 5 heteroatoms. The lowest BCUT2D eigenvalue weighted by Crippen LogP contribution is -2.36. The first-order valence-corrected chi connectivity index (χ1v) is 5.89. The summed E-state index contributed by atoms with van der Waals surface area (Å²) in [6, 6.07) is 1.75. The first-order valence-electron chi connectivity index (χ1n) is 5.51. The molecule has 1 aromatic rings. The van der Waals surface area contributed by atoms with Gasteiger partial charge in [-0.3, -0.25) is 4.39 Å². The lowest BCUT2D eigenvalue weighted by Gasteiger charge is -2.32. The van der Waals surface area contributed by atoms with Gasteiger partial charge in [-0.25, -0.2) is 9.97 Å². The normalized spacial score (nSPS) is 21.2. The fourth-order valence-electron chi connectivity index (χ4n) is 2.08. The Balaban J connectivity index is 2.16. The molecule has 16 heavy (non-hydrogen) atoms. The first kappa shape index (κ1) is 11.6. The van der Waals surface area contributed by atoms with E-state index in [0.29, 0.717) is 11.0 Å². The van der Waals surface area contributed by atoms with E-state index in [9.17, 15) is 4.39 Å².